The Kier molecular flexibility index (Phi) is 6.04. The summed E-state index contributed by atoms with van der Waals surface area (Å²) in [7, 11) is -2.72. The molecular formula is C13H20F2N2O2S. The molecule has 0 bridgehead atoms. The first-order valence-corrected chi connectivity index (χ1v) is 7.74. The minimum Gasteiger partial charge on any atom is -0.310 e. The molecule has 0 unspecified atom stereocenters. The van der Waals surface area contributed by atoms with E-state index in [-0.39, 0.29) is 10.9 Å². The molecule has 0 amide bonds. The van der Waals surface area contributed by atoms with E-state index in [1.165, 1.54) is 12.1 Å². The van der Waals surface area contributed by atoms with E-state index in [4.69, 9.17) is 0 Å². The second-order valence-electron chi connectivity index (χ2n) is 4.86. The van der Waals surface area contributed by atoms with Gasteiger partial charge in [-0.1, -0.05) is 26.0 Å². The van der Waals surface area contributed by atoms with E-state index in [0.717, 1.165) is 12.6 Å². The van der Waals surface area contributed by atoms with Crippen LogP contribution in [0.5, 0.6) is 0 Å². The summed E-state index contributed by atoms with van der Waals surface area (Å²) in [4.78, 5) is 0.0312. The first-order chi connectivity index (χ1) is 9.23. The number of rotatable bonds is 7. The molecule has 7 heteroatoms. The molecule has 4 nitrogen and oxygen atoms in total. The summed E-state index contributed by atoms with van der Waals surface area (Å²) in [5, 5.41) is 3.17. The van der Waals surface area contributed by atoms with Gasteiger partial charge in [0.1, 0.15) is 0 Å². The third-order valence-electron chi connectivity index (χ3n) is 2.72. The minimum atomic E-state index is -3.87. The van der Waals surface area contributed by atoms with Crippen molar-refractivity contribution in [3.05, 3.63) is 29.8 Å². The zero-order chi connectivity index (χ0) is 15.3. The molecule has 0 aliphatic carbocycles. The van der Waals surface area contributed by atoms with Gasteiger partial charge in [0.15, 0.2) is 0 Å². The van der Waals surface area contributed by atoms with Gasteiger partial charge in [0.05, 0.1) is 11.4 Å². The monoisotopic (exact) mass is 306 g/mol. The molecule has 0 heterocycles. The van der Waals surface area contributed by atoms with Crippen molar-refractivity contribution in [2.75, 3.05) is 13.6 Å². The number of alkyl halides is 2. The predicted molar refractivity (Wildman–Crippen MR) is 74.2 cm³/mol. The summed E-state index contributed by atoms with van der Waals surface area (Å²) < 4.78 is 49.5. The summed E-state index contributed by atoms with van der Waals surface area (Å²) in [6.45, 7) is 3.68. The largest absolute Gasteiger partial charge is 0.310 e. The molecule has 1 aromatic rings. The number of halogens is 2. The molecule has 0 saturated carbocycles. The van der Waals surface area contributed by atoms with Crippen LogP contribution < -0.4 is 5.32 Å². The molecule has 114 valence electrons. The molecule has 20 heavy (non-hydrogen) atoms. The zero-order valence-electron chi connectivity index (χ0n) is 11.8. The van der Waals surface area contributed by atoms with Gasteiger partial charge in [-0.3, -0.25) is 0 Å². The van der Waals surface area contributed by atoms with Gasteiger partial charge in [-0.25, -0.2) is 17.2 Å². The van der Waals surface area contributed by atoms with Gasteiger partial charge in [0, 0.05) is 19.6 Å². The van der Waals surface area contributed by atoms with Gasteiger partial charge in [0.25, 0.3) is 6.43 Å². The molecule has 0 spiro atoms. The van der Waals surface area contributed by atoms with Gasteiger partial charge < -0.3 is 5.32 Å². The number of sulfonamides is 1. The van der Waals surface area contributed by atoms with Crippen LogP contribution in [0, 0.1) is 0 Å². The predicted octanol–water partition coefficient (Wildman–Crippen LogP) is 2.07. The maximum Gasteiger partial charge on any atom is 0.252 e. The number of nitrogens with one attached hydrogen (secondary N) is 1. The first kappa shape index (κ1) is 17.0. The SMILES string of the molecule is CC(C)NCc1cccc(S(=O)(=O)N(C)CC(F)F)c1. The Morgan fingerprint density at radius 3 is 2.50 bits per heavy atom. The summed E-state index contributed by atoms with van der Waals surface area (Å²) in [5.74, 6) is 0. The van der Waals surface area contributed by atoms with Crippen molar-refractivity contribution in [2.24, 2.45) is 0 Å². The molecule has 0 aliphatic heterocycles. The lowest BCUT2D eigenvalue weighted by atomic mass is 10.2. The molecule has 1 rings (SSSR count). The number of hydrogen-bond acceptors (Lipinski definition) is 3. The Morgan fingerprint density at radius 2 is 1.95 bits per heavy atom. The second kappa shape index (κ2) is 7.10. The average Bonchev–Trinajstić information content (AvgIpc) is 2.35. The lowest BCUT2D eigenvalue weighted by molar-refractivity contribution is 0.126. The molecular weight excluding hydrogens is 286 g/mol. The normalized spacial score (nSPS) is 12.6. The van der Waals surface area contributed by atoms with Gasteiger partial charge in [-0.2, -0.15) is 4.31 Å². The third-order valence-corrected chi connectivity index (χ3v) is 4.54. The van der Waals surface area contributed by atoms with Crippen molar-refractivity contribution >= 4 is 10.0 Å². The summed E-state index contributed by atoms with van der Waals surface area (Å²) >= 11 is 0. The number of benzene rings is 1. The van der Waals surface area contributed by atoms with Crippen molar-refractivity contribution in [3.63, 3.8) is 0 Å². The third kappa shape index (κ3) is 4.81. The quantitative estimate of drug-likeness (QED) is 0.839. The van der Waals surface area contributed by atoms with E-state index in [1.54, 1.807) is 12.1 Å². The first-order valence-electron chi connectivity index (χ1n) is 6.30. The second-order valence-corrected chi connectivity index (χ2v) is 6.90. The Labute approximate surface area is 118 Å². The van der Waals surface area contributed by atoms with Crippen LogP contribution >= 0.6 is 0 Å². The molecule has 0 aliphatic rings. The fourth-order valence-corrected chi connectivity index (χ4v) is 2.83. The average molecular weight is 306 g/mol. The van der Waals surface area contributed by atoms with Gasteiger partial charge in [-0.15, -0.1) is 0 Å². The van der Waals surface area contributed by atoms with Crippen LogP contribution in [0.25, 0.3) is 0 Å². The van der Waals surface area contributed by atoms with Gasteiger partial charge in [0.2, 0.25) is 10.0 Å². The molecule has 0 fully saturated rings. The number of hydrogen-bond donors (Lipinski definition) is 1. The number of nitrogens with zero attached hydrogens (tertiary/aromatic N) is 1. The van der Waals surface area contributed by atoms with E-state index < -0.39 is 23.0 Å². The highest BCUT2D eigenvalue weighted by atomic mass is 32.2. The highest BCUT2D eigenvalue weighted by Gasteiger charge is 2.23. The smallest absolute Gasteiger partial charge is 0.252 e. The molecule has 0 atom stereocenters. The topological polar surface area (TPSA) is 49.4 Å². The zero-order valence-corrected chi connectivity index (χ0v) is 12.6. The fraction of sp³-hybridized carbons (Fsp3) is 0.538. The van der Waals surface area contributed by atoms with E-state index in [0.29, 0.717) is 10.8 Å². The maximum absolute atomic E-state index is 12.3. The Balaban J connectivity index is 2.92. The molecule has 1 N–H and O–H groups in total. The highest BCUT2D eigenvalue weighted by molar-refractivity contribution is 7.89. The molecule has 0 aromatic heterocycles. The fourth-order valence-electron chi connectivity index (χ4n) is 1.61. The summed E-state index contributed by atoms with van der Waals surface area (Å²) in [5.41, 5.74) is 0.797. The van der Waals surface area contributed by atoms with Crippen LogP contribution in [0.15, 0.2) is 29.2 Å². The Hall–Kier alpha value is -1.05. The highest BCUT2D eigenvalue weighted by Crippen LogP contribution is 2.17. The van der Waals surface area contributed by atoms with E-state index in [9.17, 15) is 17.2 Å². The Bertz CT molecular complexity index is 533. The van der Waals surface area contributed by atoms with E-state index in [2.05, 4.69) is 5.32 Å². The summed E-state index contributed by atoms with van der Waals surface area (Å²) in [6, 6.07) is 6.60. The maximum atomic E-state index is 12.3. The van der Waals surface area contributed by atoms with Crippen molar-refractivity contribution in [3.8, 4) is 0 Å². The standard InChI is InChI=1S/C13H20F2N2O2S/c1-10(2)16-8-11-5-4-6-12(7-11)20(18,19)17(3)9-13(14)15/h4-7,10,13,16H,8-9H2,1-3H3. The van der Waals surface area contributed by atoms with Crippen LogP contribution in [0.2, 0.25) is 0 Å². The van der Waals surface area contributed by atoms with Crippen molar-refractivity contribution in [1.29, 1.82) is 0 Å². The van der Waals surface area contributed by atoms with Crippen LogP contribution in [0.4, 0.5) is 8.78 Å². The molecule has 0 radical (unpaired) electrons. The van der Waals surface area contributed by atoms with Crippen molar-refractivity contribution in [2.45, 2.75) is 37.8 Å². The lowest BCUT2D eigenvalue weighted by Gasteiger charge is -2.17. The van der Waals surface area contributed by atoms with Crippen molar-refractivity contribution in [1.82, 2.24) is 9.62 Å². The van der Waals surface area contributed by atoms with Gasteiger partial charge in [-0.05, 0) is 17.7 Å². The van der Waals surface area contributed by atoms with Gasteiger partial charge >= 0.3 is 0 Å². The van der Waals surface area contributed by atoms with Crippen molar-refractivity contribution < 1.29 is 17.2 Å². The van der Waals surface area contributed by atoms with Crippen LogP contribution in [-0.2, 0) is 16.6 Å². The summed E-state index contributed by atoms with van der Waals surface area (Å²) in [6.07, 6.45) is -2.69. The van der Waals surface area contributed by atoms with E-state index >= 15 is 0 Å². The van der Waals surface area contributed by atoms with E-state index in [1.807, 2.05) is 13.8 Å². The minimum absolute atomic E-state index is 0.0312. The molecule has 1 aromatic carbocycles. The Morgan fingerprint density at radius 1 is 1.30 bits per heavy atom. The lowest BCUT2D eigenvalue weighted by Crippen LogP contribution is -2.31. The van der Waals surface area contributed by atoms with Crippen LogP contribution in [0.1, 0.15) is 19.4 Å². The van der Waals surface area contributed by atoms with Crippen LogP contribution in [0.3, 0.4) is 0 Å². The molecule has 0 saturated heterocycles. The van der Waals surface area contributed by atoms with Crippen LogP contribution in [-0.4, -0.2) is 38.8 Å².